The van der Waals surface area contributed by atoms with Crippen molar-refractivity contribution in [1.82, 2.24) is 19.5 Å². The van der Waals surface area contributed by atoms with E-state index < -0.39 is 52.9 Å². The van der Waals surface area contributed by atoms with Gasteiger partial charge in [0, 0.05) is 0 Å². The molecule has 0 amide bonds. The third-order valence-corrected chi connectivity index (χ3v) is 9.31. The van der Waals surface area contributed by atoms with Crippen LogP contribution >= 0.6 is 47.3 Å². The third-order valence-electron chi connectivity index (χ3n) is 4.60. The molecule has 1 aliphatic heterocycles. The van der Waals surface area contributed by atoms with Crippen LogP contribution in [0, 0.1) is 16.5 Å². The highest BCUT2D eigenvalue weighted by Gasteiger charge is 2.58. The number of nitrogens with two attached hydrogens (primary N) is 1. The molecule has 3 heterocycles. The van der Waals surface area contributed by atoms with Crippen molar-refractivity contribution in [3.8, 4) is 11.8 Å². The minimum atomic E-state index is -5.76. The molecule has 0 spiro atoms. The predicted octanol–water partition coefficient (Wildman–Crippen LogP) is 1.06. The number of aliphatic hydroxyl groups is 1. The van der Waals surface area contributed by atoms with Crippen LogP contribution in [0.25, 0.3) is 11.2 Å². The highest BCUT2D eigenvalue weighted by molar-refractivity contribution is 7.71. The molecule has 0 radical (unpaired) electrons. The first-order valence-electron chi connectivity index (χ1n) is 9.40. The minimum absolute atomic E-state index is 0.0536. The Bertz CT molecular complexity index is 1440. The van der Waals surface area contributed by atoms with E-state index in [-0.39, 0.29) is 21.8 Å². The molecule has 7 atom stereocenters. The van der Waals surface area contributed by atoms with E-state index >= 15 is 0 Å². The van der Waals surface area contributed by atoms with E-state index in [9.17, 15) is 28.6 Å². The first kappa shape index (κ1) is 29.3. The molecule has 36 heavy (non-hydrogen) atoms. The summed E-state index contributed by atoms with van der Waals surface area (Å²) < 4.78 is 53.9. The molecule has 17 nitrogen and oxygen atoms in total. The number of halogens is 1. The lowest BCUT2D eigenvalue weighted by Gasteiger charge is -2.26. The van der Waals surface area contributed by atoms with Crippen LogP contribution in [0.5, 0.6) is 0 Å². The number of imidazole rings is 1. The highest BCUT2D eigenvalue weighted by atomic mass is 35.5. The maximum absolute atomic E-state index is 12.2. The lowest BCUT2D eigenvalue weighted by Crippen LogP contribution is -2.43. The minimum Gasteiger partial charge on any atom is -0.387 e. The van der Waals surface area contributed by atoms with Crippen LogP contribution in [-0.4, -0.2) is 67.4 Å². The van der Waals surface area contributed by atoms with Gasteiger partial charge in [-0.3, -0.25) is 9.09 Å². The lowest BCUT2D eigenvalue weighted by molar-refractivity contribution is -0.0728. The van der Waals surface area contributed by atoms with Crippen LogP contribution in [0.4, 0.5) is 5.95 Å². The summed E-state index contributed by atoms with van der Waals surface area (Å²) in [6.45, 7) is 2.55. The second-order valence-electron chi connectivity index (χ2n) is 7.22. The van der Waals surface area contributed by atoms with Gasteiger partial charge in [-0.1, -0.05) is 29.7 Å². The van der Waals surface area contributed by atoms with Crippen LogP contribution < -0.4 is 5.73 Å². The van der Waals surface area contributed by atoms with E-state index in [1.165, 1.54) is 17.8 Å². The second-order valence-corrected chi connectivity index (χ2v) is 12.6. The maximum Gasteiger partial charge on any atom is 0.490 e. The Morgan fingerprint density at radius 3 is 2.53 bits per heavy atom. The summed E-state index contributed by atoms with van der Waals surface area (Å²) in [6.07, 6.45) is -4.89. The molecule has 1 fully saturated rings. The Balaban J connectivity index is 1.92. The number of hydrogen-bond acceptors (Lipinski definition) is 12. The van der Waals surface area contributed by atoms with Crippen molar-refractivity contribution in [1.29, 1.82) is 0 Å². The van der Waals surface area contributed by atoms with Gasteiger partial charge in [-0.05, 0) is 13.8 Å². The zero-order chi connectivity index (χ0) is 27.3. The summed E-state index contributed by atoms with van der Waals surface area (Å²) >= 11 is 11.8. The molecule has 2 aromatic heterocycles. The van der Waals surface area contributed by atoms with Crippen molar-refractivity contribution in [2.45, 2.75) is 43.3 Å². The van der Waals surface area contributed by atoms with Gasteiger partial charge in [0.15, 0.2) is 21.7 Å². The first-order valence-corrected chi connectivity index (χ1v) is 14.7. The van der Waals surface area contributed by atoms with Gasteiger partial charge in [0.25, 0.3) is 0 Å². The molecule has 8 N–H and O–H groups in total. The lowest BCUT2D eigenvalue weighted by atomic mass is 9.96. The summed E-state index contributed by atoms with van der Waals surface area (Å²) in [6, 6.07) is 0. The SMILES string of the molecule is CC#CC1(Cl)[C@@H](O)[C@@H]([C@@H](C)OP(=O)(O)OP(=O)(O)OP(=O)(O)O)O[C@H]1n1cnc2c(=S)nc(N)[nH]c21. The summed E-state index contributed by atoms with van der Waals surface area (Å²) in [5.74, 6) is 5.10. The van der Waals surface area contributed by atoms with E-state index in [0.717, 1.165) is 6.92 Å². The van der Waals surface area contributed by atoms with Gasteiger partial charge in [-0.15, -0.1) is 5.92 Å². The van der Waals surface area contributed by atoms with Gasteiger partial charge in [0.1, 0.15) is 23.4 Å². The van der Waals surface area contributed by atoms with Gasteiger partial charge in [-0.25, -0.2) is 23.7 Å². The largest absolute Gasteiger partial charge is 0.490 e. The Morgan fingerprint density at radius 2 is 1.94 bits per heavy atom. The molecule has 0 aromatic carbocycles. The van der Waals surface area contributed by atoms with Gasteiger partial charge >= 0.3 is 23.5 Å². The van der Waals surface area contributed by atoms with E-state index in [2.05, 4.69) is 35.4 Å². The molecular weight excluding hydrogens is 591 g/mol. The van der Waals surface area contributed by atoms with E-state index in [1.54, 1.807) is 0 Å². The first-order chi connectivity index (χ1) is 16.4. The fraction of sp³-hybridized carbons (Fsp3) is 0.500. The monoisotopic (exact) mass is 609 g/mol. The maximum atomic E-state index is 12.2. The molecule has 1 aliphatic rings. The van der Waals surface area contributed by atoms with E-state index in [1.807, 2.05) is 0 Å². The van der Waals surface area contributed by atoms with Crippen molar-refractivity contribution >= 4 is 64.4 Å². The highest BCUT2D eigenvalue weighted by Crippen LogP contribution is 2.66. The van der Waals surface area contributed by atoms with Crippen molar-refractivity contribution in [2.24, 2.45) is 0 Å². The fourth-order valence-electron chi connectivity index (χ4n) is 3.37. The number of anilines is 1. The number of H-pyrrole nitrogens is 1. The molecule has 22 heteroatoms. The number of nitrogens with zero attached hydrogens (tertiary/aromatic N) is 3. The Hall–Kier alpha value is -1.25. The molecule has 2 aromatic rings. The van der Waals surface area contributed by atoms with Crippen molar-refractivity contribution in [3.63, 3.8) is 0 Å². The Labute approximate surface area is 212 Å². The number of nitrogens with one attached hydrogen (secondary N) is 1. The number of phosphoric acid groups is 3. The van der Waals surface area contributed by atoms with Gasteiger partial charge in [-0.2, -0.15) is 8.62 Å². The second kappa shape index (κ2) is 10.1. The number of fused-ring (bicyclic) bond motifs is 1. The predicted molar refractivity (Wildman–Crippen MR) is 123 cm³/mol. The molecular formula is C14H19ClN5O12P3S. The number of phosphoric ester groups is 1. The average molecular weight is 610 g/mol. The third kappa shape index (κ3) is 6.24. The Kier molecular flexibility index (Phi) is 8.25. The van der Waals surface area contributed by atoms with Crippen LogP contribution in [0.2, 0.25) is 0 Å². The van der Waals surface area contributed by atoms with E-state index in [0.29, 0.717) is 0 Å². The topological polar surface area (TPSA) is 262 Å². The Morgan fingerprint density at radius 1 is 1.31 bits per heavy atom. The van der Waals surface area contributed by atoms with E-state index in [4.69, 9.17) is 48.6 Å². The normalized spacial score (nSPS) is 28.7. The number of aromatic nitrogens is 4. The number of rotatable bonds is 8. The smallest absolute Gasteiger partial charge is 0.387 e. The number of nitrogen functional groups attached to an aromatic ring is 1. The summed E-state index contributed by atoms with van der Waals surface area (Å²) in [5.41, 5.74) is 6.13. The van der Waals surface area contributed by atoms with Crippen LogP contribution in [0.15, 0.2) is 6.33 Å². The fourth-order valence-corrected chi connectivity index (χ4v) is 7.19. The average Bonchev–Trinajstić information content (AvgIpc) is 3.18. The van der Waals surface area contributed by atoms with Gasteiger partial charge < -0.3 is 40.1 Å². The van der Waals surface area contributed by atoms with Crippen molar-refractivity contribution in [3.05, 3.63) is 11.0 Å². The molecule has 0 bridgehead atoms. The summed E-state index contributed by atoms with van der Waals surface area (Å²) in [4.78, 5) is 45.3. The summed E-state index contributed by atoms with van der Waals surface area (Å²) in [5, 5.41) is 11.0. The zero-order valence-corrected chi connectivity index (χ0v) is 22.3. The quantitative estimate of drug-likeness (QED) is 0.0954. The molecule has 0 aliphatic carbocycles. The molecule has 3 unspecified atom stereocenters. The van der Waals surface area contributed by atoms with Gasteiger partial charge in [0.2, 0.25) is 0 Å². The van der Waals surface area contributed by atoms with Gasteiger partial charge in [0.05, 0.1) is 12.4 Å². The standard InChI is InChI=1S/C14H19ClN5O12P3S/c1-3-4-14(15)9(21)8(6(2)30-34(25,26)32-35(27,28)31-33(22,23)24)29-12(14)20-5-17-7-10(20)18-13(16)19-11(7)36/h5-6,8-9,12,21H,1-2H3,(H,25,26)(H,27,28)(H2,22,23,24)(H3,16,18,19,36)/t6-,8-,9+,12-,14?/m1/s1. The number of aromatic amines is 1. The van der Waals surface area contributed by atoms with Crippen LogP contribution in [0.1, 0.15) is 20.1 Å². The molecule has 3 rings (SSSR count). The number of aliphatic hydroxyl groups excluding tert-OH is 1. The van der Waals surface area contributed by atoms with Crippen LogP contribution in [-0.2, 0) is 31.6 Å². The molecule has 200 valence electrons. The molecule has 1 saturated heterocycles. The van der Waals surface area contributed by atoms with Crippen molar-refractivity contribution < 1.29 is 56.3 Å². The summed E-state index contributed by atoms with van der Waals surface area (Å²) in [7, 11) is -16.9. The number of ether oxygens (including phenoxy) is 1. The number of hydrogen-bond donors (Lipinski definition) is 7. The van der Waals surface area contributed by atoms with Crippen molar-refractivity contribution in [2.75, 3.05) is 5.73 Å². The number of alkyl halides is 1. The molecule has 0 saturated carbocycles. The van der Waals surface area contributed by atoms with Crippen LogP contribution in [0.3, 0.4) is 0 Å². The zero-order valence-electron chi connectivity index (χ0n) is 18.0.